The first-order valence-corrected chi connectivity index (χ1v) is 6.48. The Bertz CT molecular complexity index is 800. The average molecular weight is 284 g/mol. The molecule has 2 heterocycles. The number of rotatable bonds is 2. The van der Waals surface area contributed by atoms with Crippen molar-refractivity contribution in [3.05, 3.63) is 65.4 Å². The second kappa shape index (κ2) is 5.01. The first-order chi connectivity index (χ1) is 10.0. The molecule has 0 radical (unpaired) electrons. The van der Waals surface area contributed by atoms with Crippen LogP contribution < -0.4 is 0 Å². The maximum absolute atomic E-state index is 12.9. The van der Waals surface area contributed by atoms with Crippen LogP contribution in [-0.4, -0.2) is 15.7 Å². The molecule has 0 saturated heterocycles. The molecule has 0 fully saturated rings. The summed E-state index contributed by atoms with van der Waals surface area (Å²) in [6.07, 6.45) is 0. The van der Waals surface area contributed by atoms with Gasteiger partial charge in [0.1, 0.15) is 11.6 Å². The van der Waals surface area contributed by atoms with Crippen molar-refractivity contribution in [2.24, 2.45) is 0 Å². The Labute approximate surface area is 120 Å². The molecule has 0 amide bonds. The van der Waals surface area contributed by atoms with Gasteiger partial charge in [-0.3, -0.25) is 4.79 Å². The Balaban J connectivity index is 1.93. The molecule has 0 bridgehead atoms. The van der Waals surface area contributed by atoms with Crippen LogP contribution in [0.25, 0.3) is 11.3 Å². The highest BCUT2D eigenvalue weighted by Gasteiger charge is 2.17. The number of halogens is 1. The Morgan fingerprint density at radius 1 is 1.14 bits per heavy atom. The van der Waals surface area contributed by atoms with Crippen molar-refractivity contribution in [3.8, 4) is 11.3 Å². The third-order valence-electron chi connectivity index (χ3n) is 3.15. The van der Waals surface area contributed by atoms with Crippen molar-refractivity contribution in [2.75, 3.05) is 0 Å². The van der Waals surface area contributed by atoms with Crippen molar-refractivity contribution >= 4 is 5.91 Å². The fourth-order valence-electron chi connectivity index (χ4n) is 2.16. The molecule has 0 unspecified atom stereocenters. The molecule has 5 heteroatoms. The van der Waals surface area contributed by atoms with Crippen LogP contribution >= 0.6 is 0 Å². The second-order valence-electron chi connectivity index (χ2n) is 4.81. The summed E-state index contributed by atoms with van der Waals surface area (Å²) in [6, 6.07) is 11.0. The number of hydrogen-bond acceptors (Lipinski definition) is 3. The fourth-order valence-corrected chi connectivity index (χ4v) is 2.16. The number of benzene rings is 1. The van der Waals surface area contributed by atoms with Gasteiger partial charge >= 0.3 is 5.91 Å². The van der Waals surface area contributed by atoms with Gasteiger partial charge in [-0.2, -0.15) is 9.78 Å². The van der Waals surface area contributed by atoms with Crippen LogP contribution in [0, 0.1) is 19.7 Å². The number of aromatic nitrogens is 2. The normalized spacial score (nSPS) is 10.8. The summed E-state index contributed by atoms with van der Waals surface area (Å²) in [6.45, 7) is 3.63. The van der Waals surface area contributed by atoms with Gasteiger partial charge in [-0.25, -0.2) is 4.39 Å². The van der Waals surface area contributed by atoms with E-state index in [1.54, 1.807) is 24.3 Å². The van der Waals surface area contributed by atoms with Crippen molar-refractivity contribution in [1.29, 1.82) is 0 Å². The highest BCUT2D eigenvalue weighted by Crippen LogP contribution is 2.23. The van der Waals surface area contributed by atoms with Crippen LogP contribution in [0.3, 0.4) is 0 Å². The maximum atomic E-state index is 12.9. The topological polar surface area (TPSA) is 48.0 Å². The molecule has 0 N–H and O–H groups in total. The summed E-state index contributed by atoms with van der Waals surface area (Å²) in [5.41, 5.74) is 2.23. The van der Waals surface area contributed by atoms with Crippen LogP contribution in [0.5, 0.6) is 0 Å². The predicted molar refractivity (Wildman–Crippen MR) is 75.5 cm³/mol. The van der Waals surface area contributed by atoms with Gasteiger partial charge in [-0.15, -0.1) is 0 Å². The number of nitrogens with zero attached hydrogens (tertiary/aromatic N) is 2. The first-order valence-electron chi connectivity index (χ1n) is 6.48. The fraction of sp³-hybridized carbons (Fsp3) is 0.125. The monoisotopic (exact) mass is 284 g/mol. The zero-order valence-corrected chi connectivity index (χ0v) is 11.6. The zero-order valence-electron chi connectivity index (χ0n) is 11.6. The molecule has 4 nitrogen and oxygen atoms in total. The molecule has 0 aliphatic heterocycles. The lowest BCUT2D eigenvalue weighted by Gasteiger charge is -2.00. The van der Waals surface area contributed by atoms with E-state index in [4.69, 9.17) is 4.42 Å². The summed E-state index contributed by atoms with van der Waals surface area (Å²) in [7, 11) is 0. The highest BCUT2D eigenvalue weighted by molar-refractivity contribution is 5.93. The number of aryl methyl sites for hydroxylation is 2. The van der Waals surface area contributed by atoms with E-state index in [9.17, 15) is 9.18 Å². The predicted octanol–water partition coefficient (Wildman–Crippen LogP) is 3.59. The molecule has 0 atom stereocenters. The summed E-state index contributed by atoms with van der Waals surface area (Å²) in [5, 5.41) is 4.14. The van der Waals surface area contributed by atoms with Gasteiger partial charge < -0.3 is 4.42 Å². The number of hydrogen-bond donors (Lipinski definition) is 0. The van der Waals surface area contributed by atoms with Gasteiger partial charge in [-0.05, 0) is 56.3 Å². The zero-order chi connectivity index (χ0) is 15.0. The first kappa shape index (κ1) is 13.3. The number of furan rings is 1. The Morgan fingerprint density at radius 3 is 2.48 bits per heavy atom. The van der Waals surface area contributed by atoms with Gasteiger partial charge in [0.15, 0.2) is 5.76 Å². The molecule has 0 saturated carbocycles. The van der Waals surface area contributed by atoms with Crippen molar-refractivity contribution in [1.82, 2.24) is 9.78 Å². The van der Waals surface area contributed by atoms with Crippen LogP contribution in [-0.2, 0) is 0 Å². The summed E-state index contributed by atoms with van der Waals surface area (Å²) in [5.74, 6) is 0.0682. The molecule has 0 spiro atoms. The summed E-state index contributed by atoms with van der Waals surface area (Å²) < 4.78 is 19.8. The molecular weight excluding hydrogens is 271 g/mol. The van der Waals surface area contributed by atoms with Gasteiger partial charge in [0.2, 0.25) is 0 Å². The van der Waals surface area contributed by atoms with E-state index in [2.05, 4.69) is 5.10 Å². The van der Waals surface area contributed by atoms with E-state index in [-0.39, 0.29) is 17.5 Å². The Hall–Kier alpha value is -2.69. The largest absolute Gasteiger partial charge is 0.451 e. The SMILES string of the molecule is Cc1cc(C)n(C(=O)c2ccc(-c3ccc(F)cc3)o2)n1. The molecular formula is C16H13FN2O2. The lowest BCUT2D eigenvalue weighted by atomic mass is 10.2. The van der Waals surface area contributed by atoms with Crippen molar-refractivity contribution < 1.29 is 13.6 Å². The Kier molecular flexibility index (Phi) is 3.17. The lowest BCUT2D eigenvalue weighted by Crippen LogP contribution is -2.14. The van der Waals surface area contributed by atoms with E-state index < -0.39 is 0 Å². The van der Waals surface area contributed by atoms with E-state index in [0.717, 1.165) is 11.4 Å². The summed E-state index contributed by atoms with van der Waals surface area (Å²) in [4.78, 5) is 12.3. The smallest absolute Gasteiger partial charge is 0.314 e. The molecule has 0 aliphatic rings. The standard InChI is InChI=1S/C16H13FN2O2/c1-10-9-11(2)19(18-10)16(20)15-8-7-14(21-15)12-3-5-13(17)6-4-12/h3-9H,1-2H3. The van der Waals surface area contributed by atoms with Gasteiger partial charge in [0, 0.05) is 11.3 Å². The van der Waals surface area contributed by atoms with E-state index in [1.807, 2.05) is 19.9 Å². The van der Waals surface area contributed by atoms with E-state index in [1.165, 1.54) is 16.8 Å². The highest BCUT2D eigenvalue weighted by atomic mass is 19.1. The van der Waals surface area contributed by atoms with Crippen molar-refractivity contribution in [3.63, 3.8) is 0 Å². The lowest BCUT2D eigenvalue weighted by molar-refractivity contribution is 0.0915. The van der Waals surface area contributed by atoms with Gasteiger partial charge in [0.25, 0.3) is 0 Å². The molecule has 106 valence electrons. The van der Waals surface area contributed by atoms with E-state index in [0.29, 0.717) is 11.3 Å². The number of carbonyl (C=O) groups excluding carboxylic acids is 1. The minimum atomic E-state index is -0.325. The average Bonchev–Trinajstić information content (AvgIpc) is 3.06. The summed E-state index contributed by atoms with van der Waals surface area (Å²) >= 11 is 0. The molecule has 0 aliphatic carbocycles. The maximum Gasteiger partial charge on any atom is 0.314 e. The molecule has 2 aromatic heterocycles. The van der Waals surface area contributed by atoms with E-state index >= 15 is 0 Å². The molecule has 3 aromatic rings. The quantitative estimate of drug-likeness (QED) is 0.722. The molecule has 1 aromatic carbocycles. The van der Waals surface area contributed by atoms with Crippen molar-refractivity contribution in [2.45, 2.75) is 13.8 Å². The number of carbonyl (C=O) groups is 1. The van der Waals surface area contributed by atoms with Gasteiger partial charge in [-0.1, -0.05) is 0 Å². The second-order valence-corrected chi connectivity index (χ2v) is 4.81. The van der Waals surface area contributed by atoms with Crippen LogP contribution in [0.2, 0.25) is 0 Å². The van der Waals surface area contributed by atoms with Gasteiger partial charge in [0.05, 0.1) is 5.69 Å². The third-order valence-corrected chi connectivity index (χ3v) is 3.15. The molecule has 21 heavy (non-hydrogen) atoms. The van der Waals surface area contributed by atoms with Crippen LogP contribution in [0.1, 0.15) is 21.9 Å². The van der Waals surface area contributed by atoms with Crippen LogP contribution in [0.4, 0.5) is 4.39 Å². The minimum absolute atomic E-state index is 0.195. The Morgan fingerprint density at radius 2 is 1.86 bits per heavy atom. The van der Waals surface area contributed by atoms with Crippen LogP contribution in [0.15, 0.2) is 46.9 Å². The minimum Gasteiger partial charge on any atom is -0.451 e. The third kappa shape index (κ3) is 2.50. The molecule has 3 rings (SSSR count).